The summed E-state index contributed by atoms with van der Waals surface area (Å²) in [7, 11) is 1.60. The van der Waals surface area contributed by atoms with Crippen LogP contribution in [0.25, 0.3) is 10.9 Å². The summed E-state index contributed by atoms with van der Waals surface area (Å²) < 4.78 is 5.19. The van der Waals surface area contributed by atoms with Gasteiger partial charge in [0.1, 0.15) is 5.75 Å². The van der Waals surface area contributed by atoms with Gasteiger partial charge in [-0.3, -0.25) is 9.59 Å². The lowest BCUT2D eigenvalue weighted by Gasteiger charge is -2.08. The lowest BCUT2D eigenvalue weighted by atomic mass is 10.1. The summed E-state index contributed by atoms with van der Waals surface area (Å²) >= 11 is 0. The number of carbonyl (C=O) groups excluding carboxylic acids is 1. The third-order valence-electron chi connectivity index (χ3n) is 3.46. The summed E-state index contributed by atoms with van der Waals surface area (Å²) in [5.74, 6) is 1.12. The first-order valence-corrected chi connectivity index (χ1v) is 7.46. The summed E-state index contributed by atoms with van der Waals surface area (Å²) in [5, 5.41) is 3.76. The van der Waals surface area contributed by atoms with Crippen molar-refractivity contribution < 1.29 is 9.53 Å². The number of fused-ring (bicyclic) bond motifs is 1. The van der Waals surface area contributed by atoms with Gasteiger partial charge in [0.2, 0.25) is 5.91 Å². The van der Waals surface area contributed by atoms with Crippen LogP contribution >= 0.6 is 0 Å². The smallest absolute Gasteiger partial charge is 0.251 e. The highest BCUT2D eigenvalue weighted by Gasteiger charge is 2.08. The molecule has 5 heteroatoms. The number of rotatable bonds is 6. The summed E-state index contributed by atoms with van der Waals surface area (Å²) in [6.45, 7) is 4.74. The largest absolute Gasteiger partial charge is 0.497 e. The molecule has 0 fully saturated rings. The summed E-state index contributed by atoms with van der Waals surface area (Å²) in [5.41, 5.74) is 1.23. The zero-order chi connectivity index (χ0) is 16.1. The van der Waals surface area contributed by atoms with Gasteiger partial charge in [0, 0.05) is 29.4 Å². The minimum absolute atomic E-state index is 0.0289. The van der Waals surface area contributed by atoms with Crippen LogP contribution in [0.5, 0.6) is 5.75 Å². The highest BCUT2D eigenvalue weighted by atomic mass is 16.5. The van der Waals surface area contributed by atoms with E-state index in [1.54, 1.807) is 13.2 Å². The number of hydrogen-bond acceptors (Lipinski definition) is 3. The number of aryl methyl sites for hydroxylation is 1. The first kappa shape index (κ1) is 16.1. The minimum atomic E-state index is -0.144. The fraction of sp³-hybridized carbons (Fsp3) is 0.412. The molecule has 2 rings (SSSR count). The van der Waals surface area contributed by atoms with Crippen LogP contribution in [0.3, 0.4) is 0 Å². The van der Waals surface area contributed by atoms with Gasteiger partial charge in [-0.1, -0.05) is 13.8 Å². The second-order valence-corrected chi connectivity index (χ2v) is 5.77. The van der Waals surface area contributed by atoms with Crippen LogP contribution in [0.15, 0.2) is 29.1 Å². The number of nitrogens with one attached hydrogen (secondary N) is 2. The normalized spacial score (nSPS) is 10.9. The predicted molar refractivity (Wildman–Crippen MR) is 87.3 cm³/mol. The Hall–Kier alpha value is -2.30. The van der Waals surface area contributed by atoms with Crippen LogP contribution in [0, 0.1) is 5.92 Å². The van der Waals surface area contributed by atoms with Gasteiger partial charge >= 0.3 is 0 Å². The van der Waals surface area contributed by atoms with E-state index in [9.17, 15) is 9.59 Å². The Bertz CT molecular complexity index is 719. The number of carbonyl (C=O) groups is 1. The van der Waals surface area contributed by atoms with Crippen molar-refractivity contribution in [2.45, 2.75) is 26.7 Å². The van der Waals surface area contributed by atoms with E-state index in [2.05, 4.69) is 10.3 Å². The van der Waals surface area contributed by atoms with Crippen LogP contribution in [-0.2, 0) is 11.2 Å². The molecule has 0 saturated carbocycles. The number of hydrogen-bond donors (Lipinski definition) is 2. The summed E-state index contributed by atoms with van der Waals surface area (Å²) in [4.78, 5) is 26.6. The quantitative estimate of drug-likeness (QED) is 0.859. The average Bonchev–Trinajstić information content (AvgIpc) is 2.50. The third-order valence-corrected chi connectivity index (χ3v) is 3.46. The molecule has 1 aromatic heterocycles. The van der Waals surface area contributed by atoms with E-state index in [1.165, 1.54) is 0 Å². The molecule has 1 aromatic carbocycles. The molecular formula is C17H22N2O3. The van der Waals surface area contributed by atoms with E-state index in [1.807, 2.05) is 32.0 Å². The van der Waals surface area contributed by atoms with E-state index in [-0.39, 0.29) is 11.5 Å². The molecule has 0 bridgehead atoms. The predicted octanol–water partition coefficient (Wildman–Crippen LogP) is 2.24. The van der Waals surface area contributed by atoms with E-state index < -0.39 is 0 Å². The fourth-order valence-corrected chi connectivity index (χ4v) is 2.20. The molecule has 2 N–H and O–H groups in total. The molecule has 1 heterocycles. The molecule has 0 saturated heterocycles. The van der Waals surface area contributed by atoms with Gasteiger partial charge in [-0.15, -0.1) is 0 Å². The Balaban J connectivity index is 2.12. The molecule has 0 atom stereocenters. The van der Waals surface area contributed by atoms with E-state index >= 15 is 0 Å². The Morgan fingerprint density at radius 1 is 1.32 bits per heavy atom. The second kappa shape index (κ2) is 7.11. The fourth-order valence-electron chi connectivity index (χ4n) is 2.20. The maximum Gasteiger partial charge on any atom is 0.251 e. The van der Waals surface area contributed by atoms with Crippen molar-refractivity contribution in [3.63, 3.8) is 0 Å². The van der Waals surface area contributed by atoms with Crippen molar-refractivity contribution in [3.05, 3.63) is 40.2 Å². The monoisotopic (exact) mass is 302 g/mol. The number of pyridine rings is 1. The van der Waals surface area contributed by atoms with Crippen molar-refractivity contribution in [3.8, 4) is 5.75 Å². The summed E-state index contributed by atoms with van der Waals surface area (Å²) in [6.07, 6.45) is 0.734. The van der Waals surface area contributed by atoms with Crippen molar-refractivity contribution >= 4 is 16.8 Å². The van der Waals surface area contributed by atoms with E-state index in [0.717, 1.165) is 16.7 Å². The first-order valence-electron chi connectivity index (χ1n) is 7.46. The van der Waals surface area contributed by atoms with Gasteiger partial charge in [0.05, 0.1) is 7.11 Å². The number of aromatic nitrogens is 1. The first-order chi connectivity index (χ1) is 10.5. The van der Waals surface area contributed by atoms with E-state index in [0.29, 0.717) is 30.9 Å². The molecule has 0 aliphatic carbocycles. The maximum absolute atomic E-state index is 12.0. The van der Waals surface area contributed by atoms with Crippen LogP contribution in [0.2, 0.25) is 0 Å². The number of benzene rings is 1. The van der Waals surface area contributed by atoms with Gasteiger partial charge in [0.15, 0.2) is 0 Å². The van der Waals surface area contributed by atoms with Crippen molar-refractivity contribution in [1.82, 2.24) is 10.3 Å². The minimum Gasteiger partial charge on any atom is -0.497 e. The Labute approximate surface area is 129 Å². The van der Waals surface area contributed by atoms with Gasteiger partial charge < -0.3 is 15.0 Å². The van der Waals surface area contributed by atoms with Crippen LogP contribution in [0.1, 0.15) is 25.8 Å². The molecule has 0 aliphatic heterocycles. The lowest BCUT2D eigenvalue weighted by Crippen LogP contribution is -2.28. The van der Waals surface area contributed by atoms with Crippen LogP contribution < -0.4 is 15.6 Å². The molecule has 0 unspecified atom stereocenters. The molecule has 0 spiro atoms. The highest BCUT2D eigenvalue weighted by Crippen LogP contribution is 2.19. The Morgan fingerprint density at radius 3 is 2.77 bits per heavy atom. The molecular weight excluding hydrogens is 280 g/mol. The SMILES string of the molecule is COc1ccc2[nH]c(=O)c(CCC(=O)NCC(C)C)cc2c1. The number of H-pyrrole nitrogens is 1. The van der Waals surface area contributed by atoms with Gasteiger partial charge in [0.25, 0.3) is 5.56 Å². The molecule has 22 heavy (non-hydrogen) atoms. The Morgan fingerprint density at radius 2 is 2.09 bits per heavy atom. The lowest BCUT2D eigenvalue weighted by molar-refractivity contribution is -0.121. The summed E-state index contributed by atoms with van der Waals surface area (Å²) in [6, 6.07) is 7.31. The van der Waals surface area contributed by atoms with Gasteiger partial charge in [-0.25, -0.2) is 0 Å². The maximum atomic E-state index is 12.0. The number of ether oxygens (including phenoxy) is 1. The molecule has 5 nitrogen and oxygen atoms in total. The van der Waals surface area contributed by atoms with Gasteiger partial charge in [-0.05, 0) is 36.6 Å². The highest BCUT2D eigenvalue weighted by molar-refractivity contribution is 5.81. The second-order valence-electron chi connectivity index (χ2n) is 5.77. The number of aromatic amines is 1. The topological polar surface area (TPSA) is 71.2 Å². The van der Waals surface area contributed by atoms with Crippen LogP contribution in [-0.4, -0.2) is 24.5 Å². The Kier molecular flexibility index (Phi) is 5.20. The average molecular weight is 302 g/mol. The molecule has 0 radical (unpaired) electrons. The molecule has 118 valence electrons. The third kappa shape index (κ3) is 4.10. The number of methoxy groups -OCH3 is 1. The standard InChI is InChI=1S/C17H22N2O3/c1-11(2)10-18-16(20)7-4-12-8-13-9-14(22-3)5-6-15(13)19-17(12)21/h5-6,8-9,11H,4,7,10H2,1-3H3,(H,18,20)(H,19,21). The molecule has 2 aromatic rings. The molecule has 1 amide bonds. The van der Waals surface area contributed by atoms with Crippen molar-refractivity contribution in [2.75, 3.05) is 13.7 Å². The van der Waals surface area contributed by atoms with Gasteiger partial charge in [-0.2, -0.15) is 0 Å². The zero-order valence-corrected chi connectivity index (χ0v) is 13.2. The number of amides is 1. The molecule has 0 aliphatic rings. The van der Waals surface area contributed by atoms with Crippen LogP contribution in [0.4, 0.5) is 0 Å². The van der Waals surface area contributed by atoms with Crippen molar-refractivity contribution in [1.29, 1.82) is 0 Å². The van der Waals surface area contributed by atoms with Crippen molar-refractivity contribution in [2.24, 2.45) is 5.92 Å². The van der Waals surface area contributed by atoms with E-state index in [4.69, 9.17) is 4.74 Å². The zero-order valence-electron chi connectivity index (χ0n) is 13.2.